The molecule has 0 aliphatic heterocycles. The number of hydrogen-bond acceptors (Lipinski definition) is 4. The Morgan fingerprint density at radius 2 is 1.42 bits per heavy atom. The Bertz CT molecular complexity index is 1370. The van der Waals surface area contributed by atoms with Crippen LogP contribution in [-0.4, -0.2) is 34.1 Å². The number of benzene rings is 3. The third-order valence-electron chi connectivity index (χ3n) is 4.95. The summed E-state index contributed by atoms with van der Waals surface area (Å²) in [5, 5.41) is 2.59. The average molecular weight is 503 g/mol. The second-order valence-corrected chi connectivity index (χ2v) is 11.5. The summed E-state index contributed by atoms with van der Waals surface area (Å²) in [4.78, 5) is 25.9. The maximum atomic E-state index is 13.4. The molecule has 186 valence electrons. The molecule has 0 fully saturated rings. The van der Waals surface area contributed by atoms with E-state index in [0.29, 0.717) is 4.90 Å². The maximum absolute atomic E-state index is 13.4. The molecule has 36 heavy (non-hydrogen) atoms. The minimum Gasteiger partial charge on any atom is -0.444 e. The molecule has 1 N–H and O–H groups in total. The number of amides is 2. The highest BCUT2D eigenvalue weighted by molar-refractivity contribution is 7.93. The molecular formula is C29H30N2O4S. The van der Waals surface area contributed by atoms with Crippen molar-refractivity contribution >= 4 is 21.7 Å². The molecular weight excluding hydrogens is 472 g/mol. The van der Waals surface area contributed by atoms with Crippen LogP contribution in [0.3, 0.4) is 0 Å². The van der Waals surface area contributed by atoms with E-state index in [0.717, 1.165) is 16.7 Å². The van der Waals surface area contributed by atoms with E-state index in [1.807, 2.05) is 60.7 Å². The lowest BCUT2D eigenvalue weighted by Crippen LogP contribution is -2.44. The molecule has 0 unspecified atom stereocenters. The van der Waals surface area contributed by atoms with Crippen LogP contribution in [-0.2, 0) is 25.7 Å². The van der Waals surface area contributed by atoms with Gasteiger partial charge in [0, 0.05) is 28.7 Å². The van der Waals surface area contributed by atoms with Crippen LogP contribution in [0.25, 0.3) is 0 Å². The van der Waals surface area contributed by atoms with Gasteiger partial charge in [0.15, 0.2) is 0 Å². The lowest BCUT2D eigenvalue weighted by molar-refractivity contribution is -0.119. The number of alkyl carbamates (subject to hydrolysis) is 1. The van der Waals surface area contributed by atoms with Crippen LogP contribution in [0.4, 0.5) is 4.79 Å². The maximum Gasteiger partial charge on any atom is 0.408 e. The quantitative estimate of drug-likeness (QED) is 0.486. The summed E-state index contributed by atoms with van der Waals surface area (Å²) >= 11 is 0. The van der Waals surface area contributed by atoms with Crippen LogP contribution in [0, 0.1) is 11.8 Å². The molecule has 7 heteroatoms. The molecule has 6 nitrogen and oxygen atoms in total. The summed E-state index contributed by atoms with van der Waals surface area (Å²) in [5.41, 5.74) is 1.73. The van der Waals surface area contributed by atoms with Crippen molar-refractivity contribution < 1.29 is 18.5 Å². The van der Waals surface area contributed by atoms with Crippen molar-refractivity contribution in [3.63, 3.8) is 0 Å². The Morgan fingerprint density at radius 3 is 1.97 bits per heavy atom. The topological polar surface area (TPSA) is 84.8 Å². The van der Waals surface area contributed by atoms with Gasteiger partial charge in [0.05, 0.1) is 9.73 Å². The van der Waals surface area contributed by atoms with Crippen LogP contribution in [0.5, 0.6) is 0 Å². The van der Waals surface area contributed by atoms with Crippen molar-refractivity contribution in [3.05, 3.63) is 102 Å². The van der Waals surface area contributed by atoms with Gasteiger partial charge in [0.1, 0.15) is 11.6 Å². The van der Waals surface area contributed by atoms with Crippen molar-refractivity contribution in [2.24, 2.45) is 4.36 Å². The number of ether oxygens (including phenoxy) is 1. The Morgan fingerprint density at radius 1 is 0.889 bits per heavy atom. The lowest BCUT2D eigenvalue weighted by atomic mass is 10.1. The molecule has 0 heterocycles. The van der Waals surface area contributed by atoms with Gasteiger partial charge in [0.2, 0.25) is 0 Å². The van der Waals surface area contributed by atoms with Gasteiger partial charge in [-0.25, -0.2) is 9.00 Å². The number of carbonyl (C=O) groups excluding carboxylic acids is 2. The number of rotatable bonds is 5. The molecule has 0 aliphatic carbocycles. The number of nitrogens with zero attached hydrogens (tertiary/aromatic N) is 1. The summed E-state index contributed by atoms with van der Waals surface area (Å²) in [7, 11) is -3.07. The van der Waals surface area contributed by atoms with E-state index in [9.17, 15) is 13.8 Å². The Balaban J connectivity index is 1.82. The van der Waals surface area contributed by atoms with Gasteiger partial charge in [0.25, 0.3) is 5.91 Å². The van der Waals surface area contributed by atoms with Gasteiger partial charge in [-0.15, -0.1) is 0 Å². The van der Waals surface area contributed by atoms with Crippen molar-refractivity contribution in [1.29, 1.82) is 0 Å². The molecule has 0 aliphatic rings. The minimum absolute atomic E-state index is 0.186. The molecule has 0 radical (unpaired) electrons. The SMILES string of the molecule is CC(C)(C)OC(=O)N[C@@H](Cc1ccccc1)C(=O)N=[S@@](C)(=O)c1ccc(C#Cc2ccccc2)cc1. The molecule has 0 bridgehead atoms. The largest absolute Gasteiger partial charge is 0.444 e. The fourth-order valence-electron chi connectivity index (χ4n) is 3.24. The molecule has 3 aromatic rings. The van der Waals surface area contributed by atoms with Crippen molar-refractivity contribution in [3.8, 4) is 11.8 Å². The standard InChI is InChI=1S/C29H30N2O4S/c1-29(2,3)35-28(33)30-26(21-24-13-9-6-10-14-24)27(32)31-36(4,34)25-19-17-23(18-20-25)16-15-22-11-7-5-8-12-22/h5-14,17-20,26H,21H2,1-4H3,(H,30,33)/t26-,36-/m0/s1. The average Bonchev–Trinajstić information content (AvgIpc) is 2.82. The monoisotopic (exact) mass is 502 g/mol. The third-order valence-corrected chi connectivity index (χ3v) is 6.63. The van der Waals surface area contributed by atoms with Crippen LogP contribution >= 0.6 is 0 Å². The van der Waals surface area contributed by atoms with Crippen LogP contribution in [0.2, 0.25) is 0 Å². The zero-order chi connectivity index (χ0) is 26.2. The van der Waals surface area contributed by atoms with E-state index >= 15 is 0 Å². The molecule has 0 saturated heterocycles. The van der Waals surface area contributed by atoms with Crippen molar-refractivity contribution in [2.45, 2.75) is 43.7 Å². The molecule has 0 spiro atoms. The van der Waals surface area contributed by atoms with Gasteiger partial charge >= 0.3 is 6.09 Å². The smallest absolute Gasteiger partial charge is 0.408 e. The van der Waals surface area contributed by atoms with Gasteiger partial charge in [-0.3, -0.25) is 4.79 Å². The molecule has 2 atom stereocenters. The zero-order valence-corrected chi connectivity index (χ0v) is 21.7. The Kier molecular flexibility index (Phi) is 8.68. The second-order valence-electron chi connectivity index (χ2n) is 9.26. The fourth-order valence-corrected chi connectivity index (χ4v) is 4.46. The molecule has 0 saturated carbocycles. The number of carbonyl (C=O) groups is 2. The molecule has 0 aromatic heterocycles. The first-order valence-electron chi connectivity index (χ1n) is 11.5. The predicted molar refractivity (Wildman–Crippen MR) is 142 cm³/mol. The highest BCUT2D eigenvalue weighted by atomic mass is 32.2. The van der Waals surface area contributed by atoms with E-state index < -0.39 is 33.4 Å². The summed E-state index contributed by atoms with van der Waals surface area (Å²) < 4.78 is 22.7. The van der Waals surface area contributed by atoms with E-state index in [-0.39, 0.29) is 6.42 Å². The predicted octanol–water partition coefficient (Wildman–Crippen LogP) is 5.21. The first-order chi connectivity index (χ1) is 17.0. The van der Waals surface area contributed by atoms with Crippen molar-refractivity contribution in [2.75, 3.05) is 6.26 Å². The van der Waals surface area contributed by atoms with E-state index in [4.69, 9.17) is 4.74 Å². The van der Waals surface area contributed by atoms with Crippen molar-refractivity contribution in [1.82, 2.24) is 5.32 Å². The Labute approximate surface area is 213 Å². The summed E-state index contributed by atoms with van der Waals surface area (Å²) in [6, 6.07) is 24.6. The first-order valence-corrected chi connectivity index (χ1v) is 13.4. The molecule has 3 aromatic carbocycles. The second kappa shape index (κ2) is 11.7. The lowest BCUT2D eigenvalue weighted by Gasteiger charge is -2.22. The summed E-state index contributed by atoms with van der Waals surface area (Å²) in [6.45, 7) is 5.20. The van der Waals surface area contributed by atoms with E-state index in [2.05, 4.69) is 21.5 Å². The summed E-state index contributed by atoms with van der Waals surface area (Å²) in [5.74, 6) is 5.45. The Hall–Kier alpha value is -3.89. The van der Waals surface area contributed by atoms with Crippen LogP contribution in [0.1, 0.15) is 37.5 Å². The normalized spacial score (nSPS) is 13.3. The van der Waals surface area contributed by atoms with Gasteiger partial charge < -0.3 is 10.1 Å². The third kappa shape index (κ3) is 8.40. The minimum atomic E-state index is -3.07. The fraction of sp³-hybridized carbons (Fsp3) is 0.241. The highest BCUT2D eigenvalue weighted by Crippen LogP contribution is 2.15. The van der Waals surface area contributed by atoms with Gasteiger partial charge in [-0.05, 0) is 62.7 Å². The molecule has 2 amide bonds. The van der Waals surface area contributed by atoms with Gasteiger partial charge in [-0.2, -0.15) is 4.36 Å². The van der Waals surface area contributed by atoms with Gasteiger partial charge in [-0.1, -0.05) is 60.4 Å². The van der Waals surface area contributed by atoms with E-state index in [1.54, 1.807) is 45.0 Å². The molecule has 3 rings (SSSR count). The number of hydrogen-bond donors (Lipinski definition) is 1. The summed E-state index contributed by atoms with van der Waals surface area (Å²) in [6.07, 6.45) is 0.852. The first kappa shape index (κ1) is 26.7. The van der Waals surface area contributed by atoms with Crippen LogP contribution < -0.4 is 5.32 Å². The van der Waals surface area contributed by atoms with Crippen LogP contribution in [0.15, 0.2) is 94.2 Å². The highest BCUT2D eigenvalue weighted by Gasteiger charge is 2.26. The van der Waals surface area contributed by atoms with E-state index in [1.165, 1.54) is 6.26 Å². The zero-order valence-electron chi connectivity index (χ0n) is 20.9. The number of nitrogens with one attached hydrogen (secondary N) is 1.